The molecular weight excluding hydrogens is 394 g/mol. The van der Waals surface area contributed by atoms with E-state index in [0.29, 0.717) is 12.2 Å². The zero-order valence-corrected chi connectivity index (χ0v) is 18.8. The maximum Gasteiger partial charge on any atom is 0.186 e. The number of sulfone groups is 1. The van der Waals surface area contributed by atoms with Gasteiger partial charge in [0.25, 0.3) is 0 Å². The first-order valence-corrected chi connectivity index (χ1v) is 11.9. The summed E-state index contributed by atoms with van der Waals surface area (Å²) in [4.78, 5) is 0.288. The molecule has 1 aliphatic rings. The Kier molecular flexibility index (Phi) is 5.22. The Morgan fingerprint density at radius 1 is 1.13 bits per heavy atom. The minimum atomic E-state index is -3.55. The molecule has 4 rings (SSSR count). The molecule has 0 spiro atoms. The highest BCUT2D eigenvalue weighted by Crippen LogP contribution is 2.41. The number of nitrogens with zero attached hydrogens (tertiary/aromatic N) is 2. The van der Waals surface area contributed by atoms with Crippen molar-refractivity contribution in [3.05, 3.63) is 77.5 Å². The number of fused-ring (bicyclic) bond motifs is 1. The fraction of sp³-hybridized carbons (Fsp3) is 0.375. The van der Waals surface area contributed by atoms with Crippen LogP contribution in [0, 0.1) is 6.92 Å². The molecule has 30 heavy (non-hydrogen) atoms. The van der Waals surface area contributed by atoms with Crippen molar-refractivity contribution in [2.75, 3.05) is 5.32 Å². The van der Waals surface area contributed by atoms with E-state index in [4.69, 9.17) is 0 Å². The zero-order chi connectivity index (χ0) is 21.5. The van der Waals surface area contributed by atoms with Crippen LogP contribution in [-0.4, -0.2) is 23.4 Å². The molecule has 0 saturated heterocycles. The van der Waals surface area contributed by atoms with Gasteiger partial charge in [0.1, 0.15) is 10.7 Å². The molecule has 0 amide bonds. The smallest absolute Gasteiger partial charge is 0.186 e. The van der Waals surface area contributed by atoms with Gasteiger partial charge in [-0.15, -0.1) is 0 Å². The highest BCUT2D eigenvalue weighted by Gasteiger charge is 2.39. The van der Waals surface area contributed by atoms with Crippen molar-refractivity contribution >= 4 is 15.7 Å². The second-order valence-corrected chi connectivity index (χ2v) is 11.3. The molecule has 1 aromatic heterocycles. The highest BCUT2D eigenvalue weighted by atomic mass is 32.2. The lowest BCUT2D eigenvalue weighted by Crippen LogP contribution is -2.38. The molecule has 5 nitrogen and oxygen atoms in total. The van der Waals surface area contributed by atoms with Crippen molar-refractivity contribution in [2.45, 2.75) is 62.3 Å². The Hall–Kier alpha value is -2.60. The summed E-state index contributed by atoms with van der Waals surface area (Å²) in [5.74, 6) is 0.593. The quantitative estimate of drug-likeness (QED) is 0.635. The number of hydrogen-bond donors (Lipinski definition) is 1. The maximum atomic E-state index is 13.5. The number of rotatable bonds is 5. The number of aryl methyl sites for hydroxylation is 1. The van der Waals surface area contributed by atoms with E-state index in [-0.39, 0.29) is 16.5 Å². The Balaban J connectivity index is 1.67. The molecule has 0 radical (unpaired) electrons. The monoisotopic (exact) mass is 423 g/mol. The summed E-state index contributed by atoms with van der Waals surface area (Å²) >= 11 is 0. The third-order valence-corrected chi connectivity index (χ3v) is 8.14. The van der Waals surface area contributed by atoms with Gasteiger partial charge in [-0.05, 0) is 51.7 Å². The molecule has 0 fully saturated rings. The highest BCUT2D eigenvalue weighted by molar-refractivity contribution is 7.92. The van der Waals surface area contributed by atoms with Gasteiger partial charge >= 0.3 is 0 Å². The van der Waals surface area contributed by atoms with Crippen LogP contribution in [0.2, 0.25) is 0 Å². The van der Waals surface area contributed by atoms with Crippen molar-refractivity contribution in [3.8, 4) is 0 Å². The van der Waals surface area contributed by atoms with Crippen LogP contribution in [0.5, 0.6) is 0 Å². The molecule has 0 aliphatic carbocycles. The number of benzene rings is 2. The Bertz CT molecular complexity index is 1130. The molecule has 158 valence electrons. The van der Waals surface area contributed by atoms with Crippen molar-refractivity contribution in [2.24, 2.45) is 0 Å². The summed E-state index contributed by atoms with van der Waals surface area (Å²) in [6, 6.07) is 18.2. The van der Waals surface area contributed by atoms with Gasteiger partial charge in [-0.1, -0.05) is 60.2 Å². The average Bonchev–Trinajstić information content (AvgIpc) is 3.16. The van der Waals surface area contributed by atoms with Gasteiger partial charge in [0.15, 0.2) is 9.84 Å². The summed E-state index contributed by atoms with van der Waals surface area (Å²) in [5, 5.41) is 7.41. The zero-order valence-electron chi connectivity index (χ0n) is 18.0. The van der Waals surface area contributed by atoms with E-state index < -0.39 is 15.1 Å². The minimum absolute atomic E-state index is 0.0340. The molecule has 0 bridgehead atoms. The molecular formula is C24H29N3O2S. The molecule has 2 atom stereocenters. The molecule has 2 aromatic carbocycles. The molecule has 2 unspecified atom stereocenters. The van der Waals surface area contributed by atoms with Crippen LogP contribution >= 0.6 is 0 Å². The number of nitrogens with one attached hydrogen (secondary N) is 1. The maximum absolute atomic E-state index is 13.5. The van der Waals surface area contributed by atoms with Crippen molar-refractivity contribution in [3.63, 3.8) is 0 Å². The summed E-state index contributed by atoms with van der Waals surface area (Å²) in [6.45, 7) is 8.01. The average molecular weight is 424 g/mol. The van der Waals surface area contributed by atoms with E-state index in [2.05, 4.69) is 36.4 Å². The van der Waals surface area contributed by atoms with E-state index in [9.17, 15) is 8.42 Å². The van der Waals surface area contributed by atoms with Gasteiger partial charge in [0.05, 0.1) is 23.0 Å². The lowest BCUT2D eigenvalue weighted by atomic mass is 9.89. The summed E-state index contributed by atoms with van der Waals surface area (Å²) in [7, 11) is -3.55. The molecule has 3 aromatic rings. The first-order valence-electron chi connectivity index (χ1n) is 10.4. The van der Waals surface area contributed by atoms with E-state index in [1.807, 2.05) is 54.1 Å². The van der Waals surface area contributed by atoms with Crippen molar-refractivity contribution in [1.82, 2.24) is 9.78 Å². The Labute approximate surface area is 179 Å². The molecule has 6 heteroatoms. The standard InChI is InChI=1S/C24H29N3O2S/c1-17-10-12-19(13-11-17)14-18(2)30(28,29)22-16-25-27-23(22)26-21(15-24(27,3)4)20-8-6-5-7-9-20/h5-13,16,18,21,26H,14-15H2,1-4H3. The number of aromatic nitrogens is 2. The third kappa shape index (κ3) is 3.76. The summed E-state index contributed by atoms with van der Waals surface area (Å²) < 4.78 is 28.8. The summed E-state index contributed by atoms with van der Waals surface area (Å²) in [5.41, 5.74) is 3.04. The van der Waals surface area contributed by atoms with E-state index in [0.717, 1.165) is 17.5 Å². The van der Waals surface area contributed by atoms with E-state index in [1.54, 1.807) is 6.92 Å². The topological polar surface area (TPSA) is 64.0 Å². The van der Waals surface area contributed by atoms with Crippen LogP contribution in [0.3, 0.4) is 0 Å². The fourth-order valence-corrected chi connectivity index (χ4v) is 5.66. The molecule has 2 heterocycles. The van der Waals surface area contributed by atoms with Crippen LogP contribution in [0.1, 0.15) is 49.9 Å². The first-order chi connectivity index (χ1) is 14.2. The van der Waals surface area contributed by atoms with Gasteiger partial charge in [-0.2, -0.15) is 5.10 Å². The lowest BCUT2D eigenvalue weighted by molar-refractivity contribution is 0.263. The van der Waals surface area contributed by atoms with Crippen LogP contribution in [0.15, 0.2) is 65.7 Å². The molecule has 1 N–H and O–H groups in total. The second-order valence-electron chi connectivity index (χ2n) is 8.94. The predicted octanol–water partition coefficient (Wildman–Crippen LogP) is 4.89. The molecule has 1 aliphatic heterocycles. The molecule has 0 saturated carbocycles. The van der Waals surface area contributed by atoms with Gasteiger partial charge in [0, 0.05) is 0 Å². The van der Waals surface area contributed by atoms with Crippen LogP contribution in [0.4, 0.5) is 5.82 Å². The number of hydrogen-bond acceptors (Lipinski definition) is 4. The van der Waals surface area contributed by atoms with Crippen molar-refractivity contribution < 1.29 is 8.42 Å². The fourth-order valence-electron chi connectivity index (χ4n) is 4.20. The summed E-state index contributed by atoms with van der Waals surface area (Å²) in [6.07, 6.45) is 2.81. The Morgan fingerprint density at radius 2 is 1.80 bits per heavy atom. The van der Waals surface area contributed by atoms with Crippen molar-refractivity contribution in [1.29, 1.82) is 0 Å². The lowest BCUT2D eigenvalue weighted by Gasteiger charge is -2.38. The normalized spacial score (nSPS) is 19.0. The van der Waals surface area contributed by atoms with E-state index in [1.165, 1.54) is 11.8 Å². The van der Waals surface area contributed by atoms with E-state index >= 15 is 0 Å². The Morgan fingerprint density at radius 3 is 2.47 bits per heavy atom. The van der Waals surface area contributed by atoms with Gasteiger partial charge in [0.2, 0.25) is 0 Å². The SMILES string of the molecule is Cc1ccc(CC(C)S(=O)(=O)c2cnn3c2NC(c2ccccc2)CC3(C)C)cc1. The van der Waals surface area contributed by atoms with Gasteiger partial charge < -0.3 is 5.32 Å². The van der Waals surface area contributed by atoms with Crippen LogP contribution in [0.25, 0.3) is 0 Å². The number of anilines is 1. The van der Waals surface area contributed by atoms with Crippen LogP contribution < -0.4 is 5.32 Å². The third-order valence-electron chi connectivity index (χ3n) is 6.01. The predicted molar refractivity (Wildman–Crippen MR) is 121 cm³/mol. The minimum Gasteiger partial charge on any atom is -0.362 e. The second kappa shape index (κ2) is 7.58. The van der Waals surface area contributed by atoms with Crippen LogP contribution in [-0.2, 0) is 21.8 Å². The first kappa shape index (κ1) is 20.7. The largest absolute Gasteiger partial charge is 0.362 e. The van der Waals surface area contributed by atoms with Gasteiger partial charge in [-0.25, -0.2) is 13.1 Å². The van der Waals surface area contributed by atoms with Gasteiger partial charge in [-0.3, -0.25) is 0 Å².